The van der Waals surface area contributed by atoms with E-state index in [0.717, 1.165) is 26.8 Å². The molecule has 0 N–H and O–H groups in total. The molecule has 11 heteroatoms. The Bertz CT molecular complexity index is 2060. The lowest BCUT2D eigenvalue weighted by atomic mass is 10.1. The van der Waals surface area contributed by atoms with Gasteiger partial charge in [0.15, 0.2) is 0 Å². The lowest BCUT2D eigenvalue weighted by Gasteiger charge is -2.12. The van der Waals surface area contributed by atoms with Gasteiger partial charge in [0, 0.05) is 58.7 Å². The van der Waals surface area contributed by atoms with Gasteiger partial charge in [-0.1, -0.05) is 24.3 Å². The summed E-state index contributed by atoms with van der Waals surface area (Å²) in [5.74, 6) is 1.42. The fourth-order valence-electron chi connectivity index (χ4n) is 4.84. The van der Waals surface area contributed by atoms with E-state index in [9.17, 15) is 12.8 Å². The van der Waals surface area contributed by atoms with Crippen LogP contribution >= 0.6 is 22.7 Å². The van der Waals surface area contributed by atoms with Crippen molar-refractivity contribution in [3.63, 3.8) is 0 Å². The highest BCUT2D eigenvalue weighted by molar-refractivity contribution is 7.85. The van der Waals surface area contributed by atoms with E-state index < -0.39 is 16.8 Å². The van der Waals surface area contributed by atoms with Gasteiger partial charge in [0.1, 0.15) is 38.0 Å². The Morgan fingerprint density at radius 3 is 1.44 bits per heavy atom. The van der Waals surface area contributed by atoms with Crippen molar-refractivity contribution in [2.24, 2.45) is 0 Å². The molecule has 2 aromatic heterocycles. The first kappa shape index (κ1) is 35.2. The number of nitrogens with zero attached hydrogens (tertiary/aromatic N) is 2. The molecule has 0 bridgehead atoms. The second kappa shape index (κ2) is 15.8. The number of hydrogen-bond donors (Lipinski definition) is 0. The van der Waals surface area contributed by atoms with Gasteiger partial charge >= 0.3 is 0 Å². The van der Waals surface area contributed by atoms with E-state index in [4.69, 9.17) is 9.47 Å². The van der Waals surface area contributed by atoms with Crippen LogP contribution in [-0.4, -0.2) is 69.4 Å². The lowest BCUT2D eigenvalue weighted by molar-refractivity contribution is 0.222. The quantitative estimate of drug-likeness (QED) is 0.0930. The summed E-state index contributed by atoms with van der Waals surface area (Å²) in [5.41, 5.74) is 4.74. The zero-order valence-electron chi connectivity index (χ0n) is 27.6. The van der Waals surface area contributed by atoms with Crippen LogP contribution in [0.15, 0.2) is 97.1 Å². The highest BCUT2D eigenvalue weighted by Gasteiger charge is 2.09. The number of rotatable bonds is 12. The Labute approximate surface area is 289 Å². The van der Waals surface area contributed by atoms with Crippen molar-refractivity contribution in [2.75, 3.05) is 70.7 Å². The van der Waals surface area contributed by atoms with Gasteiger partial charge in [-0.15, -0.1) is 22.7 Å². The van der Waals surface area contributed by atoms with Crippen molar-refractivity contribution >= 4 is 64.3 Å². The van der Waals surface area contributed by atoms with Crippen molar-refractivity contribution in [1.29, 1.82) is 0 Å². The molecule has 2 heterocycles. The third kappa shape index (κ3) is 9.47. The Hall–Kier alpha value is -4.16. The molecular weight excluding hydrogens is 667 g/mol. The van der Waals surface area contributed by atoms with Crippen molar-refractivity contribution in [3.8, 4) is 32.4 Å². The van der Waals surface area contributed by atoms with Gasteiger partial charge in [-0.05, 0) is 94.7 Å². The van der Waals surface area contributed by atoms with Crippen LogP contribution in [0.3, 0.4) is 0 Å². The van der Waals surface area contributed by atoms with E-state index in [2.05, 4.69) is 74.6 Å². The average Bonchev–Trinajstić information content (AvgIpc) is 3.70. The molecule has 0 aliphatic heterocycles. The molecule has 0 radical (unpaired) electrons. The van der Waals surface area contributed by atoms with Gasteiger partial charge in [-0.25, -0.2) is 4.39 Å². The second-order valence-corrected chi connectivity index (χ2v) is 15.2. The number of anilines is 2. The molecular formula is C37H39FN2O5S3. The fraction of sp³-hybridized carbons (Fsp3) is 0.243. The molecule has 0 unspecified atom stereocenters. The molecule has 0 aliphatic carbocycles. The summed E-state index contributed by atoms with van der Waals surface area (Å²) in [6.45, 7) is -0.171. The molecule has 6 rings (SSSR count). The Morgan fingerprint density at radius 2 is 1.04 bits per heavy atom. The maximum atomic E-state index is 12.2. The van der Waals surface area contributed by atoms with Gasteiger partial charge in [-0.2, -0.15) is 8.42 Å². The summed E-state index contributed by atoms with van der Waals surface area (Å²) in [6, 6.07) is 33.1. The number of fused-ring (bicyclic) bond motifs is 2. The van der Waals surface area contributed by atoms with Gasteiger partial charge < -0.3 is 19.3 Å². The maximum absolute atomic E-state index is 12.2. The molecule has 4 aromatic carbocycles. The zero-order chi connectivity index (χ0) is 34.3. The number of thiophene rings is 2. The first-order valence-corrected chi connectivity index (χ1v) is 18.7. The Balaban J connectivity index is 0.000000190. The normalized spacial score (nSPS) is 11.3. The minimum atomic E-state index is -3.43. The minimum Gasteiger partial charge on any atom is -0.491 e. The number of hydrogen-bond acceptors (Lipinski definition) is 9. The summed E-state index contributed by atoms with van der Waals surface area (Å²) in [6.07, 6.45) is 1.03. The minimum absolute atomic E-state index is 0.00475. The third-order valence-electron chi connectivity index (χ3n) is 7.31. The molecule has 0 atom stereocenters. The molecule has 0 amide bonds. The van der Waals surface area contributed by atoms with Crippen LogP contribution in [0.2, 0.25) is 0 Å². The summed E-state index contributed by atoms with van der Waals surface area (Å²) in [7, 11) is 4.69. The number of benzene rings is 4. The summed E-state index contributed by atoms with van der Waals surface area (Å²) in [4.78, 5) is 6.58. The van der Waals surface area contributed by atoms with E-state index in [0.29, 0.717) is 5.75 Å². The Morgan fingerprint density at radius 1 is 0.604 bits per heavy atom. The standard InChI is InChI=1S/C19H21NO4S2.C18H18FNOS/c1-20(2)16-7-4-14(5-8-16)18-12-15-6-9-17(13-19(15)25-18)23-10-11-24-26(3,21)22;1-20(2)15-6-3-13(4-7-15)17-11-14-5-8-16(21-10-9-19)12-18(14)22-17/h4-9,12-13H,10-11H2,1-3H3;3-8,11-12H,9-10H2,1-2H3/i;19-1. The van der Waals surface area contributed by atoms with Crippen LogP contribution in [-0.2, 0) is 14.3 Å². The maximum Gasteiger partial charge on any atom is 0.264 e. The number of halogens is 1. The van der Waals surface area contributed by atoms with Crippen LogP contribution in [0.4, 0.5) is 15.8 Å². The van der Waals surface area contributed by atoms with Crippen molar-refractivity contribution in [3.05, 3.63) is 97.1 Å². The molecule has 0 saturated heterocycles. The molecule has 0 spiro atoms. The smallest absolute Gasteiger partial charge is 0.264 e. The highest BCUT2D eigenvalue weighted by atomic mass is 32.2. The largest absolute Gasteiger partial charge is 0.491 e. The molecule has 0 aliphatic rings. The molecule has 252 valence electrons. The topological polar surface area (TPSA) is 68.3 Å². The Kier molecular flexibility index (Phi) is 11.6. The summed E-state index contributed by atoms with van der Waals surface area (Å²) in [5, 5.41) is 2.34. The van der Waals surface area contributed by atoms with Crippen LogP contribution in [0.1, 0.15) is 0 Å². The monoisotopic (exact) mass is 705 g/mol. The SMILES string of the molecule is CN(C)c1ccc(-c2cc3ccc(OCCOS(C)(=O)=O)cc3s2)cc1.CN(C)c1ccc(-c2cc3ccc(OCC[18F])cc3s2)cc1. The second-order valence-electron chi connectivity index (χ2n) is 11.4. The number of ether oxygens (including phenoxy) is 2. The van der Waals surface area contributed by atoms with Gasteiger partial charge in [0.05, 0.1) is 6.26 Å². The predicted molar refractivity (Wildman–Crippen MR) is 201 cm³/mol. The van der Waals surface area contributed by atoms with Gasteiger partial charge in [0.2, 0.25) is 0 Å². The van der Waals surface area contributed by atoms with Gasteiger partial charge in [-0.3, -0.25) is 4.18 Å². The lowest BCUT2D eigenvalue weighted by Crippen LogP contribution is -2.11. The van der Waals surface area contributed by atoms with Crippen LogP contribution in [0.5, 0.6) is 11.5 Å². The van der Waals surface area contributed by atoms with E-state index in [-0.39, 0.29) is 19.8 Å². The zero-order valence-corrected chi connectivity index (χ0v) is 30.1. The van der Waals surface area contributed by atoms with Crippen LogP contribution in [0, 0.1) is 0 Å². The fourth-order valence-corrected chi connectivity index (χ4v) is 7.40. The molecule has 6 aromatic rings. The first-order valence-electron chi connectivity index (χ1n) is 15.3. The van der Waals surface area contributed by atoms with Crippen molar-refractivity contribution in [2.45, 2.75) is 0 Å². The molecule has 0 saturated carbocycles. The van der Waals surface area contributed by atoms with E-state index in [1.54, 1.807) is 22.7 Å². The van der Waals surface area contributed by atoms with Crippen LogP contribution < -0.4 is 19.3 Å². The van der Waals surface area contributed by atoms with E-state index >= 15 is 0 Å². The summed E-state index contributed by atoms with van der Waals surface area (Å²) >= 11 is 3.43. The van der Waals surface area contributed by atoms with Crippen molar-refractivity contribution in [1.82, 2.24) is 0 Å². The molecule has 7 nitrogen and oxygen atoms in total. The first-order chi connectivity index (χ1) is 23.0. The van der Waals surface area contributed by atoms with Crippen molar-refractivity contribution < 1.29 is 26.5 Å². The van der Waals surface area contributed by atoms with Gasteiger partial charge in [0.25, 0.3) is 10.1 Å². The predicted octanol–water partition coefficient (Wildman–Crippen LogP) is 8.97. The molecule has 0 fully saturated rings. The van der Waals surface area contributed by atoms with E-state index in [1.165, 1.54) is 37.6 Å². The van der Waals surface area contributed by atoms with Crippen LogP contribution in [0.25, 0.3) is 41.1 Å². The molecule has 48 heavy (non-hydrogen) atoms. The average molecular weight is 706 g/mol. The highest BCUT2D eigenvalue weighted by Crippen LogP contribution is 2.37. The summed E-state index contributed by atoms with van der Waals surface area (Å²) < 4.78 is 51.9. The third-order valence-corrected chi connectivity index (χ3v) is 10.2. The van der Waals surface area contributed by atoms with E-state index in [1.807, 2.05) is 64.6 Å². The number of alkyl halides is 1.